The third-order valence-electron chi connectivity index (χ3n) is 3.59. The number of para-hydroxylation sites is 1. The Kier molecular flexibility index (Phi) is 3.17. The van der Waals surface area contributed by atoms with Crippen LogP contribution in [0.1, 0.15) is 37.5 Å². The Balaban J connectivity index is 1.97. The molecule has 1 atom stereocenters. The van der Waals surface area contributed by atoms with E-state index in [1.807, 2.05) is 18.2 Å². The van der Waals surface area contributed by atoms with Crippen LogP contribution in [0.5, 0.6) is 0 Å². The van der Waals surface area contributed by atoms with Crippen molar-refractivity contribution in [1.29, 1.82) is 0 Å². The molecule has 1 aliphatic rings. The van der Waals surface area contributed by atoms with E-state index in [9.17, 15) is 0 Å². The summed E-state index contributed by atoms with van der Waals surface area (Å²) < 4.78 is 5.89. The Morgan fingerprint density at radius 2 is 2.11 bits per heavy atom. The highest BCUT2D eigenvalue weighted by Gasteiger charge is 2.20. The molecule has 0 saturated heterocycles. The lowest BCUT2D eigenvalue weighted by atomic mass is 9.93. The number of furan rings is 1. The molecule has 3 N–H and O–H groups in total. The normalized spacial score (nSPS) is 17.7. The highest BCUT2D eigenvalue weighted by molar-refractivity contribution is 5.77. The molecule has 1 aromatic carbocycles. The monoisotopic (exact) mass is 242 g/mol. The van der Waals surface area contributed by atoms with Crippen LogP contribution in [-0.2, 0) is 0 Å². The zero-order chi connectivity index (χ0) is 12.4. The van der Waals surface area contributed by atoms with Gasteiger partial charge in [0.25, 0.3) is 0 Å². The average molecular weight is 242 g/mol. The lowest BCUT2D eigenvalue weighted by Gasteiger charge is -2.20. The second-order valence-corrected chi connectivity index (χ2v) is 4.81. The Morgan fingerprint density at radius 1 is 1.22 bits per heavy atom. The summed E-state index contributed by atoms with van der Waals surface area (Å²) in [7, 11) is 0. The number of hydrogen-bond acceptors (Lipinski definition) is 3. The lowest BCUT2D eigenvalue weighted by molar-refractivity contribution is 0.456. The molecule has 0 spiro atoms. The summed E-state index contributed by atoms with van der Waals surface area (Å²) in [5, 5.41) is 1.13. The van der Waals surface area contributed by atoms with Gasteiger partial charge in [-0.1, -0.05) is 24.3 Å². The zero-order valence-electron chi connectivity index (χ0n) is 10.4. The van der Waals surface area contributed by atoms with Crippen LogP contribution in [0.3, 0.4) is 0 Å². The largest absolute Gasteiger partial charge is 0.459 e. The van der Waals surface area contributed by atoms with Crippen molar-refractivity contribution in [3.05, 3.63) is 47.7 Å². The number of allylic oxidation sites excluding steroid dienone is 1. The minimum atomic E-state index is 0.0118. The molecule has 0 bridgehead atoms. The van der Waals surface area contributed by atoms with Crippen LogP contribution < -0.4 is 11.3 Å². The number of rotatable bonds is 3. The van der Waals surface area contributed by atoms with Crippen molar-refractivity contribution < 1.29 is 4.42 Å². The van der Waals surface area contributed by atoms with Crippen molar-refractivity contribution >= 4 is 11.0 Å². The molecule has 0 radical (unpaired) electrons. The number of fused-ring (bicyclic) bond motifs is 1. The van der Waals surface area contributed by atoms with E-state index in [1.165, 1.54) is 18.4 Å². The molecular weight excluding hydrogens is 224 g/mol. The van der Waals surface area contributed by atoms with Crippen LogP contribution in [-0.4, -0.2) is 0 Å². The molecule has 1 aliphatic carbocycles. The summed E-state index contributed by atoms with van der Waals surface area (Å²) in [6.45, 7) is 0. The van der Waals surface area contributed by atoms with Gasteiger partial charge >= 0.3 is 0 Å². The van der Waals surface area contributed by atoms with E-state index in [1.54, 1.807) is 0 Å². The maximum atomic E-state index is 5.89. The first-order chi connectivity index (χ1) is 8.88. The first kappa shape index (κ1) is 11.5. The van der Waals surface area contributed by atoms with Gasteiger partial charge in [0.05, 0.1) is 6.04 Å². The summed E-state index contributed by atoms with van der Waals surface area (Å²) >= 11 is 0. The Morgan fingerprint density at radius 3 is 2.83 bits per heavy atom. The molecular formula is C15H18N2O. The summed E-state index contributed by atoms with van der Waals surface area (Å²) in [6, 6.07) is 10.1. The first-order valence-electron chi connectivity index (χ1n) is 6.52. The number of nitrogens with two attached hydrogens (primary N) is 1. The fourth-order valence-corrected chi connectivity index (χ4v) is 2.64. The van der Waals surface area contributed by atoms with Crippen LogP contribution >= 0.6 is 0 Å². The van der Waals surface area contributed by atoms with Crippen molar-refractivity contribution in [3.8, 4) is 0 Å². The SMILES string of the molecule is NNC(C1=CCCCC1)c1cc2ccccc2o1. The van der Waals surface area contributed by atoms with Gasteiger partial charge in [-0.3, -0.25) is 5.84 Å². The Bertz CT molecular complexity index is 538. The topological polar surface area (TPSA) is 51.2 Å². The van der Waals surface area contributed by atoms with E-state index in [4.69, 9.17) is 10.3 Å². The number of hydrazine groups is 1. The Labute approximate surface area is 107 Å². The van der Waals surface area contributed by atoms with E-state index in [0.717, 1.165) is 29.6 Å². The highest BCUT2D eigenvalue weighted by Crippen LogP contribution is 2.32. The minimum Gasteiger partial charge on any atom is -0.459 e. The van der Waals surface area contributed by atoms with Crippen molar-refractivity contribution in [3.63, 3.8) is 0 Å². The van der Waals surface area contributed by atoms with E-state index in [0.29, 0.717) is 0 Å². The van der Waals surface area contributed by atoms with Gasteiger partial charge in [-0.25, -0.2) is 5.43 Å². The smallest absolute Gasteiger partial charge is 0.134 e. The molecule has 1 aromatic heterocycles. The maximum absolute atomic E-state index is 5.89. The molecule has 3 heteroatoms. The third-order valence-corrected chi connectivity index (χ3v) is 3.59. The van der Waals surface area contributed by atoms with Crippen molar-refractivity contribution in [2.24, 2.45) is 5.84 Å². The van der Waals surface area contributed by atoms with E-state index in [2.05, 4.69) is 23.6 Å². The van der Waals surface area contributed by atoms with Crippen LogP contribution in [0, 0.1) is 0 Å². The predicted octanol–water partition coefficient (Wildman–Crippen LogP) is 3.44. The highest BCUT2D eigenvalue weighted by atomic mass is 16.3. The van der Waals surface area contributed by atoms with Crippen LogP contribution in [0.15, 0.2) is 46.4 Å². The van der Waals surface area contributed by atoms with Gasteiger partial charge in [0, 0.05) is 5.39 Å². The molecule has 1 unspecified atom stereocenters. The van der Waals surface area contributed by atoms with Crippen molar-refractivity contribution in [2.45, 2.75) is 31.7 Å². The fourth-order valence-electron chi connectivity index (χ4n) is 2.64. The van der Waals surface area contributed by atoms with Crippen LogP contribution in [0.4, 0.5) is 0 Å². The molecule has 0 amide bonds. The number of nitrogens with one attached hydrogen (secondary N) is 1. The molecule has 2 aromatic rings. The van der Waals surface area contributed by atoms with Gasteiger partial charge in [0.2, 0.25) is 0 Å². The lowest BCUT2D eigenvalue weighted by Crippen LogP contribution is -2.29. The fraction of sp³-hybridized carbons (Fsp3) is 0.333. The van der Waals surface area contributed by atoms with Crippen molar-refractivity contribution in [1.82, 2.24) is 5.43 Å². The van der Waals surface area contributed by atoms with Gasteiger partial charge in [0.15, 0.2) is 0 Å². The third kappa shape index (κ3) is 2.07. The van der Waals surface area contributed by atoms with Gasteiger partial charge in [-0.2, -0.15) is 0 Å². The molecule has 0 fully saturated rings. The zero-order valence-corrected chi connectivity index (χ0v) is 10.4. The predicted molar refractivity (Wildman–Crippen MR) is 72.8 cm³/mol. The number of benzene rings is 1. The summed E-state index contributed by atoms with van der Waals surface area (Å²) in [5.41, 5.74) is 5.16. The van der Waals surface area contributed by atoms with Gasteiger partial charge < -0.3 is 4.42 Å². The number of hydrogen-bond donors (Lipinski definition) is 2. The standard InChI is InChI=1S/C15H18N2O/c16-17-15(11-6-2-1-3-7-11)14-10-12-8-4-5-9-13(12)18-14/h4-6,8-10,15,17H,1-3,7,16H2. The van der Waals surface area contributed by atoms with Crippen LogP contribution in [0.2, 0.25) is 0 Å². The van der Waals surface area contributed by atoms with Gasteiger partial charge in [-0.05, 0) is 43.4 Å². The maximum Gasteiger partial charge on any atom is 0.134 e. The van der Waals surface area contributed by atoms with Crippen molar-refractivity contribution in [2.75, 3.05) is 0 Å². The molecule has 0 saturated carbocycles. The van der Waals surface area contributed by atoms with Crippen LogP contribution in [0.25, 0.3) is 11.0 Å². The molecule has 94 valence electrons. The van der Waals surface area contributed by atoms with Gasteiger partial charge in [0.1, 0.15) is 11.3 Å². The van der Waals surface area contributed by atoms with E-state index in [-0.39, 0.29) is 6.04 Å². The Hall–Kier alpha value is -1.58. The molecule has 3 rings (SSSR count). The molecule has 1 heterocycles. The van der Waals surface area contributed by atoms with Gasteiger partial charge in [-0.15, -0.1) is 0 Å². The second-order valence-electron chi connectivity index (χ2n) is 4.81. The van der Waals surface area contributed by atoms with E-state index >= 15 is 0 Å². The average Bonchev–Trinajstić information content (AvgIpc) is 2.84. The quantitative estimate of drug-likeness (QED) is 0.492. The second kappa shape index (κ2) is 4.96. The summed E-state index contributed by atoms with van der Waals surface area (Å²) in [6.07, 6.45) is 7.06. The molecule has 18 heavy (non-hydrogen) atoms. The molecule has 3 nitrogen and oxygen atoms in total. The summed E-state index contributed by atoms with van der Waals surface area (Å²) in [4.78, 5) is 0. The summed E-state index contributed by atoms with van der Waals surface area (Å²) in [5.74, 6) is 6.62. The minimum absolute atomic E-state index is 0.0118. The molecule has 0 aliphatic heterocycles. The first-order valence-corrected chi connectivity index (χ1v) is 6.52. The van der Waals surface area contributed by atoms with E-state index < -0.39 is 0 Å².